The Bertz CT molecular complexity index is 674. The summed E-state index contributed by atoms with van der Waals surface area (Å²) in [5, 5.41) is 2.60. The number of halogens is 1. The lowest BCUT2D eigenvalue weighted by Gasteiger charge is -2.09. The normalized spacial score (nSPS) is 14.3. The molecule has 1 aromatic heterocycles. The number of carbonyl (C=O) groups is 1. The first kappa shape index (κ1) is 12.7. The van der Waals surface area contributed by atoms with Crippen molar-refractivity contribution in [1.82, 2.24) is 4.57 Å². The molecule has 0 unspecified atom stereocenters. The summed E-state index contributed by atoms with van der Waals surface area (Å²) in [5.41, 5.74) is 7.77. The van der Waals surface area contributed by atoms with Crippen LogP contribution in [0, 0.1) is 12.7 Å². The molecule has 2 aromatic rings. The molecule has 1 saturated carbocycles. The number of carbonyl (C=O) groups excluding carboxylic acids is 1. The highest BCUT2D eigenvalue weighted by Crippen LogP contribution is 2.37. The lowest BCUT2D eigenvalue weighted by molar-refractivity contribution is 0.101. The molecule has 0 atom stereocenters. The van der Waals surface area contributed by atoms with Crippen molar-refractivity contribution in [3.8, 4) is 0 Å². The third-order valence-electron chi connectivity index (χ3n) is 3.42. The van der Waals surface area contributed by atoms with Crippen molar-refractivity contribution in [3.63, 3.8) is 0 Å². The van der Waals surface area contributed by atoms with E-state index >= 15 is 0 Å². The number of hydrogen-bond acceptors (Lipinski definition) is 2. The number of benzene rings is 1. The third kappa shape index (κ3) is 2.39. The number of hydrogen-bond donors (Lipinski definition) is 2. The number of rotatable bonds is 3. The van der Waals surface area contributed by atoms with Crippen LogP contribution in [0.4, 0.5) is 15.8 Å². The first-order valence-electron chi connectivity index (χ1n) is 6.59. The Morgan fingerprint density at radius 1 is 1.40 bits per heavy atom. The molecule has 0 bridgehead atoms. The number of nitrogens with zero attached hydrogens (tertiary/aromatic N) is 1. The Morgan fingerprint density at radius 3 is 2.80 bits per heavy atom. The molecule has 5 heteroatoms. The topological polar surface area (TPSA) is 60.1 Å². The van der Waals surface area contributed by atoms with Crippen LogP contribution in [0.2, 0.25) is 0 Å². The lowest BCUT2D eigenvalue weighted by Crippen LogP contribution is -2.17. The van der Waals surface area contributed by atoms with E-state index < -0.39 is 5.82 Å². The molecule has 1 aromatic carbocycles. The highest BCUT2D eigenvalue weighted by molar-refractivity contribution is 6.04. The number of aryl methyl sites for hydroxylation is 1. The van der Waals surface area contributed by atoms with E-state index in [1.165, 1.54) is 6.07 Å². The molecular formula is C15H16FN3O. The Labute approximate surface area is 116 Å². The van der Waals surface area contributed by atoms with Crippen LogP contribution in [-0.2, 0) is 0 Å². The van der Waals surface area contributed by atoms with Crippen molar-refractivity contribution in [2.24, 2.45) is 0 Å². The number of nitrogens with one attached hydrogen (secondary N) is 1. The van der Waals surface area contributed by atoms with Crippen molar-refractivity contribution >= 4 is 17.3 Å². The largest absolute Gasteiger partial charge is 0.397 e. The highest BCUT2D eigenvalue weighted by Gasteiger charge is 2.27. The summed E-state index contributed by atoms with van der Waals surface area (Å²) >= 11 is 0. The van der Waals surface area contributed by atoms with Gasteiger partial charge in [0.25, 0.3) is 5.91 Å². The summed E-state index contributed by atoms with van der Waals surface area (Å²) in [5.74, 6) is -0.771. The number of amides is 1. The van der Waals surface area contributed by atoms with Gasteiger partial charge in [0.05, 0.1) is 11.4 Å². The molecule has 0 spiro atoms. The third-order valence-corrected chi connectivity index (χ3v) is 3.42. The van der Waals surface area contributed by atoms with Gasteiger partial charge in [-0.1, -0.05) is 6.07 Å². The van der Waals surface area contributed by atoms with Gasteiger partial charge in [-0.15, -0.1) is 0 Å². The fraction of sp³-hybridized carbons (Fsp3) is 0.267. The molecule has 1 fully saturated rings. The molecular weight excluding hydrogens is 257 g/mol. The van der Waals surface area contributed by atoms with E-state index in [0.29, 0.717) is 17.4 Å². The van der Waals surface area contributed by atoms with Crippen LogP contribution in [-0.4, -0.2) is 10.5 Å². The Morgan fingerprint density at radius 2 is 2.15 bits per heavy atom. The summed E-state index contributed by atoms with van der Waals surface area (Å²) in [6, 6.07) is 6.68. The molecule has 4 nitrogen and oxygen atoms in total. The minimum Gasteiger partial charge on any atom is -0.397 e. The van der Waals surface area contributed by atoms with Crippen molar-refractivity contribution < 1.29 is 9.18 Å². The predicted octanol–water partition coefficient (Wildman–Crippen LogP) is 3.11. The van der Waals surface area contributed by atoms with Crippen molar-refractivity contribution in [1.29, 1.82) is 0 Å². The number of nitrogens with two attached hydrogens (primary N) is 1. The second-order valence-electron chi connectivity index (χ2n) is 5.23. The summed E-state index contributed by atoms with van der Waals surface area (Å²) < 4.78 is 15.6. The average molecular weight is 273 g/mol. The van der Waals surface area contributed by atoms with Gasteiger partial charge in [-0.2, -0.15) is 0 Å². The first-order valence-corrected chi connectivity index (χ1v) is 6.59. The summed E-state index contributed by atoms with van der Waals surface area (Å²) in [7, 11) is 0. The second kappa shape index (κ2) is 4.67. The van der Waals surface area contributed by atoms with Crippen molar-refractivity contribution in [3.05, 3.63) is 47.5 Å². The molecule has 104 valence electrons. The number of nitrogen functional groups attached to an aromatic ring is 1. The van der Waals surface area contributed by atoms with Crippen LogP contribution in [0.1, 0.15) is 34.9 Å². The van der Waals surface area contributed by atoms with Crippen LogP contribution in [0.5, 0.6) is 0 Å². The highest BCUT2D eigenvalue weighted by atomic mass is 19.1. The SMILES string of the molecule is Cc1ccc(NC(=O)c2cc(N)cn2C2CC2)c(F)c1. The second-order valence-corrected chi connectivity index (χ2v) is 5.23. The van der Waals surface area contributed by atoms with E-state index in [-0.39, 0.29) is 11.6 Å². The molecule has 1 amide bonds. The first-order chi connectivity index (χ1) is 9.54. The van der Waals surface area contributed by atoms with E-state index in [1.54, 1.807) is 31.3 Å². The molecule has 20 heavy (non-hydrogen) atoms. The fourth-order valence-corrected chi connectivity index (χ4v) is 2.25. The molecule has 0 aliphatic heterocycles. The van der Waals surface area contributed by atoms with E-state index in [0.717, 1.165) is 18.4 Å². The van der Waals surface area contributed by atoms with Crippen LogP contribution < -0.4 is 11.1 Å². The van der Waals surface area contributed by atoms with E-state index in [1.807, 2.05) is 4.57 Å². The summed E-state index contributed by atoms with van der Waals surface area (Å²) in [4.78, 5) is 12.3. The van der Waals surface area contributed by atoms with Crippen molar-refractivity contribution in [2.45, 2.75) is 25.8 Å². The van der Waals surface area contributed by atoms with Gasteiger partial charge in [0.1, 0.15) is 11.5 Å². The van der Waals surface area contributed by atoms with E-state index in [4.69, 9.17) is 5.73 Å². The molecule has 1 aliphatic carbocycles. The van der Waals surface area contributed by atoms with Gasteiger partial charge < -0.3 is 15.6 Å². The maximum absolute atomic E-state index is 13.8. The van der Waals surface area contributed by atoms with Gasteiger partial charge in [-0.05, 0) is 43.5 Å². The van der Waals surface area contributed by atoms with Crippen molar-refractivity contribution in [2.75, 3.05) is 11.1 Å². The minimum atomic E-state index is -0.434. The molecule has 1 aliphatic rings. The van der Waals surface area contributed by atoms with Gasteiger partial charge in [0, 0.05) is 12.2 Å². The Kier molecular flexibility index (Phi) is 2.97. The standard InChI is InChI=1S/C15H16FN3O/c1-9-2-5-13(12(16)6-9)18-15(20)14-7-10(17)8-19(14)11-3-4-11/h2,5-8,11H,3-4,17H2,1H3,(H,18,20). The monoisotopic (exact) mass is 273 g/mol. The van der Waals surface area contributed by atoms with Crippen LogP contribution in [0.25, 0.3) is 0 Å². The maximum atomic E-state index is 13.8. The smallest absolute Gasteiger partial charge is 0.272 e. The molecule has 0 saturated heterocycles. The van der Waals surface area contributed by atoms with E-state index in [2.05, 4.69) is 5.32 Å². The summed E-state index contributed by atoms with van der Waals surface area (Å²) in [6.07, 6.45) is 3.86. The minimum absolute atomic E-state index is 0.183. The maximum Gasteiger partial charge on any atom is 0.272 e. The zero-order valence-electron chi connectivity index (χ0n) is 11.2. The number of anilines is 2. The van der Waals surface area contributed by atoms with Gasteiger partial charge in [-0.3, -0.25) is 4.79 Å². The van der Waals surface area contributed by atoms with E-state index in [9.17, 15) is 9.18 Å². The quantitative estimate of drug-likeness (QED) is 0.902. The molecule has 0 radical (unpaired) electrons. The average Bonchev–Trinajstić information content (AvgIpc) is 3.16. The fourth-order valence-electron chi connectivity index (χ4n) is 2.25. The van der Waals surface area contributed by atoms with Gasteiger partial charge in [0.15, 0.2) is 0 Å². The molecule has 3 N–H and O–H groups in total. The predicted molar refractivity (Wildman–Crippen MR) is 76.2 cm³/mol. The van der Waals surface area contributed by atoms with Gasteiger partial charge in [0.2, 0.25) is 0 Å². The zero-order chi connectivity index (χ0) is 14.3. The summed E-state index contributed by atoms with van der Waals surface area (Å²) in [6.45, 7) is 1.80. The number of aromatic nitrogens is 1. The molecule has 3 rings (SSSR count). The van der Waals surface area contributed by atoms with Crippen LogP contribution >= 0.6 is 0 Å². The molecule has 1 heterocycles. The van der Waals surface area contributed by atoms with Gasteiger partial charge in [-0.25, -0.2) is 4.39 Å². The lowest BCUT2D eigenvalue weighted by atomic mass is 10.2. The zero-order valence-corrected chi connectivity index (χ0v) is 11.2. The van der Waals surface area contributed by atoms with Gasteiger partial charge >= 0.3 is 0 Å². The van der Waals surface area contributed by atoms with Crippen LogP contribution in [0.15, 0.2) is 30.5 Å². The Balaban J connectivity index is 1.86. The van der Waals surface area contributed by atoms with Crippen LogP contribution in [0.3, 0.4) is 0 Å². The Hall–Kier alpha value is -2.30.